The number of carbonyl (C=O) groups excluding carboxylic acids is 3. The minimum absolute atomic E-state index is 0.0324. The maximum Gasteiger partial charge on any atom is 0.472 e. The van der Waals surface area contributed by atoms with Crippen molar-refractivity contribution >= 4 is 33.6 Å². The standard InChI is InChI=1S/C87H140O16P2/c1-4-7-10-13-16-19-22-25-28-31-33-34-35-36-37-38-39-40-41-42-43-44-45-46-48-51-52-55-58-61-64-67-70-73-85(90)97-76-82(88)77-99-104(93,94)100-78-83(89)79-101-105(95,96)102-81-84(103-87(92)75-72-69-66-63-60-57-54-49-30-27-24-21-18-15-12-9-6-3)80-98-86(91)74-71-68-65-62-59-56-53-50-47-32-29-26-23-20-17-14-11-8-5-2/h7-12,16-21,25-30,33-34,36-37,39-40,47,50,54,56-57,59,65,68,82-84,88-89H,4-6,13-15,22-24,31-32,35,38,41-46,48-49,51-53,55,58,60-64,66-67,69-81H2,1-3H3,(H,93,94)(H,95,96)/b10-7-,11-8-,12-9-,19-16-,20-17-,21-18-,28-25-,29-26-,30-27-,34-33-,37-36-,40-39-,50-47-,57-54-,59-56-,68-65-. The monoisotopic (exact) mass is 1500 g/mol. The molecule has 5 unspecified atom stereocenters. The molecule has 0 aliphatic carbocycles. The van der Waals surface area contributed by atoms with Crippen molar-refractivity contribution in [3.05, 3.63) is 194 Å². The normalized spacial score (nSPS) is 15.0. The highest BCUT2D eigenvalue weighted by Gasteiger charge is 2.29. The summed E-state index contributed by atoms with van der Waals surface area (Å²) in [7, 11) is -9.83. The summed E-state index contributed by atoms with van der Waals surface area (Å²) in [4.78, 5) is 58.6. The number of carbonyl (C=O) groups is 3. The Morgan fingerprint density at radius 1 is 0.267 bits per heavy atom. The van der Waals surface area contributed by atoms with Gasteiger partial charge in [-0.25, -0.2) is 9.13 Å². The first-order valence-corrected chi connectivity index (χ1v) is 42.7. The van der Waals surface area contributed by atoms with Gasteiger partial charge in [-0.05, 0) is 148 Å². The van der Waals surface area contributed by atoms with E-state index in [1.807, 2.05) is 18.2 Å². The van der Waals surface area contributed by atoms with Crippen LogP contribution in [0, 0.1) is 0 Å². The Morgan fingerprint density at radius 2 is 0.495 bits per heavy atom. The van der Waals surface area contributed by atoms with Crippen LogP contribution in [0.1, 0.15) is 278 Å². The Kier molecular flexibility index (Phi) is 73.8. The van der Waals surface area contributed by atoms with Crippen molar-refractivity contribution in [1.29, 1.82) is 0 Å². The highest BCUT2D eigenvalue weighted by molar-refractivity contribution is 7.47. The smallest absolute Gasteiger partial charge is 0.463 e. The Bertz CT molecular complexity index is 2690. The number of unbranched alkanes of at least 4 members (excludes halogenated alkanes) is 18. The van der Waals surface area contributed by atoms with Crippen LogP contribution in [0.15, 0.2) is 194 Å². The minimum atomic E-state index is -4.96. The lowest BCUT2D eigenvalue weighted by molar-refractivity contribution is -0.161. The molecule has 0 aromatic rings. The van der Waals surface area contributed by atoms with Crippen molar-refractivity contribution in [3.8, 4) is 0 Å². The van der Waals surface area contributed by atoms with E-state index in [-0.39, 0.29) is 19.3 Å². The van der Waals surface area contributed by atoms with E-state index in [1.54, 1.807) is 0 Å². The van der Waals surface area contributed by atoms with Crippen molar-refractivity contribution in [1.82, 2.24) is 0 Å². The lowest BCUT2D eigenvalue weighted by Crippen LogP contribution is -2.30. The molecular weight excluding hydrogens is 1360 g/mol. The van der Waals surface area contributed by atoms with Gasteiger partial charge < -0.3 is 34.2 Å². The number of phosphoric ester groups is 2. The van der Waals surface area contributed by atoms with E-state index in [1.165, 1.54) is 64.2 Å². The van der Waals surface area contributed by atoms with Crippen molar-refractivity contribution in [2.75, 3.05) is 39.6 Å². The van der Waals surface area contributed by atoms with E-state index in [2.05, 4.69) is 197 Å². The molecule has 5 atom stereocenters. The van der Waals surface area contributed by atoms with E-state index < -0.39 is 91.5 Å². The predicted octanol–water partition coefficient (Wildman–Crippen LogP) is 23.5. The SMILES string of the molecule is CC/C=C\C/C=C\C/C=C\C/C=C\C/C=C\C/C=C\CCCCCCCCCCCCCCCCC(=O)OCC(O)COP(=O)(O)OCC(O)COP(=O)(O)OCC(COC(=O)CC/C=C\C/C=C\C/C=C\C/C=C\C/C=C\C/C=C\CC)OC(=O)CCCCCC/C=C\C/C=C\C/C=C\C/C=C\CC. The molecule has 0 heterocycles. The molecule has 0 aromatic heterocycles. The second-order valence-electron chi connectivity index (χ2n) is 25.7. The summed E-state index contributed by atoms with van der Waals surface area (Å²) in [5.41, 5.74) is 0. The van der Waals surface area contributed by atoms with Gasteiger partial charge in [-0.3, -0.25) is 32.5 Å². The fourth-order valence-electron chi connectivity index (χ4n) is 9.89. The number of esters is 3. The average Bonchev–Trinajstić information content (AvgIpc) is 0.911. The number of hydrogen-bond donors (Lipinski definition) is 4. The van der Waals surface area contributed by atoms with Crippen LogP contribution in [-0.2, 0) is 55.8 Å². The van der Waals surface area contributed by atoms with Crippen LogP contribution in [0.2, 0.25) is 0 Å². The van der Waals surface area contributed by atoms with E-state index in [9.17, 15) is 43.5 Å². The fraction of sp³-hybridized carbons (Fsp3) is 0.598. The van der Waals surface area contributed by atoms with Gasteiger partial charge in [0.1, 0.15) is 25.4 Å². The highest BCUT2D eigenvalue weighted by Crippen LogP contribution is 2.45. The minimum Gasteiger partial charge on any atom is -0.463 e. The van der Waals surface area contributed by atoms with Gasteiger partial charge in [-0.15, -0.1) is 0 Å². The molecule has 0 radical (unpaired) electrons. The second-order valence-corrected chi connectivity index (χ2v) is 28.6. The van der Waals surface area contributed by atoms with E-state index in [0.717, 1.165) is 148 Å². The zero-order valence-corrected chi connectivity index (χ0v) is 66.6. The largest absolute Gasteiger partial charge is 0.472 e. The third kappa shape index (κ3) is 79.3. The van der Waals surface area contributed by atoms with Gasteiger partial charge in [0, 0.05) is 19.3 Å². The lowest BCUT2D eigenvalue weighted by Gasteiger charge is -2.21. The molecule has 0 amide bonds. The summed E-state index contributed by atoms with van der Waals surface area (Å²) in [6.07, 6.45) is 102. The molecule has 0 saturated carbocycles. The topological polar surface area (TPSA) is 231 Å². The Balaban J connectivity index is 4.56. The molecule has 0 spiro atoms. The first-order valence-electron chi connectivity index (χ1n) is 39.7. The van der Waals surface area contributed by atoms with Gasteiger partial charge in [-0.1, -0.05) is 305 Å². The van der Waals surface area contributed by atoms with Crippen molar-refractivity contribution in [2.45, 2.75) is 296 Å². The van der Waals surface area contributed by atoms with E-state index >= 15 is 0 Å². The first kappa shape index (κ1) is 99.4. The third-order valence-electron chi connectivity index (χ3n) is 15.8. The summed E-state index contributed by atoms with van der Waals surface area (Å²) >= 11 is 0. The summed E-state index contributed by atoms with van der Waals surface area (Å²) in [6.45, 7) is 2.19. The van der Waals surface area contributed by atoms with Gasteiger partial charge >= 0.3 is 33.6 Å². The highest BCUT2D eigenvalue weighted by atomic mass is 31.2. The fourth-order valence-corrected chi connectivity index (χ4v) is 11.5. The van der Waals surface area contributed by atoms with Crippen LogP contribution in [0.25, 0.3) is 0 Å². The van der Waals surface area contributed by atoms with Crippen LogP contribution in [0.5, 0.6) is 0 Å². The molecule has 0 aliphatic heterocycles. The maximum absolute atomic E-state index is 13.0. The quantitative estimate of drug-likeness (QED) is 0.0146. The number of allylic oxidation sites excluding steroid dienone is 32. The van der Waals surface area contributed by atoms with E-state index in [4.69, 9.17) is 32.3 Å². The van der Waals surface area contributed by atoms with Crippen LogP contribution >= 0.6 is 15.6 Å². The molecule has 105 heavy (non-hydrogen) atoms. The number of phosphoric acid groups is 2. The predicted molar refractivity (Wildman–Crippen MR) is 435 cm³/mol. The van der Waals surface area contributed by atoms with Crippen molar-refractivity contribution < 1.29 is 75.8 Å². The number of ether oxygens (including phenoxy) is 3. The number of aliphatic hydroxyl groups excluding tert-OH is 2. The van der Waals surface area contributed by atoms with Gasteiger partial charge in [0.2, 0.25) is 0 Å². The Hall–Kier alpha value is -5.61. The van der Waals surface area contributed by atoms with Gasteiger partial charge in [0.25, 0.3) is 0 Å². The summed E-state index contributed by atoms with van der Waals surface area (Å²) in [5.74, 6) is -1.71. The molecule has 0 aromatic carbocycles. The number of hydrogen-bond acceptors (Lipinski definition) is 14. The zero-order chi connectivity index (χ0) is 76.6. The molecule has 4 N–H and O–H groups in total. The molecule has 0 fully saturated rings. The number of aliphatic hydroxyl groups is 2. The van der Waals surface area contributed by atoms with E-state index in [0.29, 0.717) is 25.7 Å². The van der Waals surface area contributed by atoms with Crippen LogP contribution in [-0.4, -0.2) is 95.9 Å². The summed E-state index contributed by atoms with van der Waals surface area (Å²) < 4.78 is 61.0. The van der Waals surface area contributed by atoms with Crippen LogP contribution in [0.4, 0.5) is 0 Å². The Morgan fingerprint density at radius 3 is 0.810 bits per heavy atom. The van der Waals surface area contributed by atoms with Crippen molar-refractivity contribution in [3.63, 3.8) is 0 Å². The third-order valence-corrected chi connectivity index (χ3v) is 17.7. The molecule has 0 rings (SSSR count). The first-order chi connectivity index (χ1) is 51.2. The molecule has 16 nitrogen and oxygen atoms in total. The molecular formula is C87H140O16P2. The number of rotatable bonds is 73. The molecule has 594 valence electrons. The van der Waals surface area contributed by atoms with Gasteiger partial charge in [-0.2, -0.15) is 0 Å². The van der Waals surface area contributed by atoms with Crippen LogP contribution < -0.4 is 0 Å². The summed E-state index contributed by atoms with van der Waals surface area (Å²) in [6, 6.07) is 0. The van der Waals surface area contributed by atoms with Gasteiger partial charge in [0.05, 0.1) is 26.4 Å². The average molecular weight is 1500 g/mol. The Labute approximate surface area is 636 Å². The molecule has 0 aliphatic rings. The zero-order valence-electron chi connectivity index (χ0n) is 64.8. The molecule has 18 heteroatoms. The van der Waals surface area contributed by atoms with Crippen molar-refractivity contribution in [2.24, 2.45) is 0 Å². The van der Waals surface area contributed by atoms with Gasteiger partial charge in [0.15, 0.2) is 6.10 Å². The second kappa shape index (κ2) is 78.0. The molecule has 0 saturated heterocycles. The lowest BCUT2D eigenvalue weighted by atomic mass is 10.0. The molecule has 0 bridgehead atoms. The maximum atomic E-state index is 13.0. The summed E-state index contributed by atoms with van der Waals surface area (Å²) in [5, 5.41) is 20.6. The van der Waals surface area contributed by atoms with Crippen LogP contribution in [0.3, 0.4) is 0 Å².